The Bertz CT molecular complexity index is 673. The normalized spacial score (nSPS) is 30.1. The molecule has 2 aromatic rings. The fraction of sp³-hybridized carbons (Fsp3) is 0.455. The zero-order valence-electron chi connectivity index (χ0n) is 10.1. The number of alkyl halides is 1. The molecular formula is C11H11F2N3O4. The van der Waals surface area contributed by atoms with Crippen LogP contribution in [-0.4, -0.2) is 44.6 Å². The Morgan fingerprint density at radius 2 is 2.40 bits per heavy atom. The number of aliphatic hydroxyl groups excluding tert-OH is 1. The Morgan fingerprint density at radius 3 is 3.15 bits per heavy atom. The number of aliphatic hydroxyl groups is 1. The third-order valence-corrected chi connectivity index (χ3v) is 3.26. The van der Waals surface area contributed by atoms with Crippen LogP contribution in [0.15, 0.2) is 23.3 Å². The van der Waals surface area contributed by atoms with E-state index in [0.717, 1.165) is 4.57 Å². The molecule has 2 aromatic heterocycles. The molecule has 20 heavy (non-hydrogen) atoms. The summed E-state index contributed by atoms with van der Waals surface area (Å²) in [6.07, 6.45) is -3.07. The largest absolute Gasteiger partial charge is 0.387 e. The van der Waals surface area contributed by atoms with Gasteiger partial charge in [-0.15, -0.1) is 0 Å². The van der Waals surface area contributed by atoms with Gasteiger partial charge in [0.1, 0.15) is 24.5 Å². The standard InChI is InChI=1S/C11H11F2N3O4/c12-7-8(17)6(4-19-13)20-10(7)16-3-5-1-2-14-9(5)15-11(16)18/h1-3,6-8,10,17H,4H2,(H,14,15,18). The number of hydrogen-bond acceptors (Lipinski definition) is 5. The minimum Gasteiger partial charge on any atom is -0.387 e. The van der Waals surface area contributed by atoms with Crippen LogP contribution in [0.25, 0.3) is 11.0 Å². The summed E-state index contributed by atoms with van der Waals surface area (Å²) < 4.78 is 31.9. The molecule has 0 aromatic carbocycles. The highest BCUT2D eigenvalue weighted by molar-refractivity contribution is 5.73. The number of fused-ring (bicyclic) bond motifs is 1. The summed E-state index contributed by atoms with van der Waals surface area (Å²) in [6.45, 7) is -0.618. The first-order chi connectivity index (χ1) is 9.61. The summed E-state index contributed by atoms with van der Waals surface area (Å²) in [4.78, 5) is 21.7. The zero-order valence-corrected chi connectivity index (χ0v) is 10.1. The minimum atomic E-state index is -1.88. The fourth-order valence-corrected chi connectivity index (χ4v) is 2.24. The molecule has 4 unspecified atom stereocenters. The van der Waals surface area contributed by atoms with Crippen molar-refractivity contribution in [1.82, 2.24) is 14.5 Å². The average Bonchev–Trinajstić information content (AvgIpc) is 2.97. The molecule has 9 heteroatoms. The molecule has 0 saturated carbocycles. The first-order valence-electron chi connectivity index (χ1n) is 5.89. The van der Waals surface area contributed by atoms with Gasteiger partial charge in [-0.2, -0.15) is 9.93 Å². The second-order valence-corrected chi connectivity index (χ2v) is 4.49. The van der Waals surface area contributed by atoms with E-state index in [1.807, 2.05) is 0 Å². The molecule has 1 saturated heterocycles. The van der Waals surface area contributed by atoms with Crippen LogP contribution in [0.3, 0.4) is 0 Å². The molecule has 3 heterocycles. The van der Waals surface area contributed by atoms with Gasteiger partial charge in [0.05, 0.1) is 0 Å². The molecule has 0 aliphatic carbocycles. The van der Waals surface area contributed by atoms with Gasteiger partial charge < -0.3 is 14.8 Å². The molecular weight excluding hydrogens is 276 g/mol. The van der Waals surface area contributed by atoms with E-state index in [0.29, 0.717) is 11.0 Å². The highest BCUT2D eigenvalue weighted by atomic mass is 19.3. The van der Waals surface area contributed by atoms with Crippen molar-refractivity contribution >= 4 is 11.0 Å². The van der Waals surface area contributed by atoms with Crippen LogP contribution in [0.2, 0.25) is 0 Å². The van der Waals surface area contributed by atoms with Crippen LogP contribution in [0.4, 0.5) is 8.92 Å². The number of hydrogen-bond donors (Lipinski definition) is 2. The van der Waals surface area contributed by atoms with Gasteiger partial charge in [-0.1, -0.05) is 0 Å². The number of aromatic nitrogens is 3. The monoisotopic (exact) mass is 287 g/mol. The quantitative estimate of drug-likeness (QED) is 0.843. The van der Waals surface area contributed by atoms with Crippen LogP contribution in [0, 0.1) is 0 Å². The Labute approximate surface area is 110 Å². The summed E-state index contributed by atoms with van der Waals surface area (Å²) in [5, 5.41) is 10.2. The topological polar surface area (TPSA) is 89.4 Å². The van der Waals surface area contributed by atoms with E-state index in [1.165, 1.54) is 6.20 Å². The van der Waals surface area contributed by atoms with Crippen LogP contribution in [0.1, 0.15) is 6.23 Å². The Hall–Kier alpha value is -1.84. The Morgan fingerprint density at radius 1 is 1.60 bits per heavy atom. The van der Waals surface area contributed by atoms with E-state index < -0.39 is 36.9 Å². The molecule has 1 aliphatic heterocycles. The molecule has 2 N–H and O–H groups in total. The van der Waals surface area contributed by atoms with Gasteiger partial charge >= 0.3 is 5.69 Å². The first-order valence-corrected chi connectivity index (χ1v) is 5.89. The van der Waals surface area contributed by atoms with Gasteiger partial charge in [-0.3, -0.25) is 4.57 Å². The number of halogens is 2. The molecule has 1 fully saturated rings. The smallest absolute Gasteiger partial charge is 0.351 e. The van der Waals surface area contributed by atoms with Crippen molar-refractivity contribution in [3.63, 3.8) is 0 Å². The summed E-state index contributed by atoms with van der Waals surface area (Å²) in [5.41, 5.74) is -0.370. The zero-order chi connectivity index (χ0) is 14.3. The van der Waals surface area contributed by atoms with Gasteiger partial charge in [0.15, 0.2) is 12.4 Å². The first kappa shape index (κ1) is 13.2. The molecule has 0 amide bonds. The summed E-state index contributed by atoms with van der Waals surface area (Å²) in [6, 6.07) is 1.65. The van der Waals surface area contributed by atoms with Crippen molar-refractivity contribution < 1.29 is 23.7 Å². The SMILES string of the molecule is O=c1nc2[nH]ccc2cn1C1OC(COF)C(O)C1F. The summed E-state index contributed by atoms with van der Waals surface area (Å²) in [5.74, 6) is 0. The molecule has 1 aliphatic rings. The number of ether oxygens (including phenoxy) is 1. The molecule has 0 radical (unpaired) electrons. The van der Waals surface area contributed by atoms with Gasteiger partial charge in [-0.05, 0) is 10.6 Å². The predicted octanol–water partition coefficient (Wildman–Crippen LogP) is 0.222. The number of rotatable bonds is 3. The fourth-order valence-electron chi connectivity index (χ4n) is 2.24. The Kier molecular flexibility index (Phi) is 3.24. The minimum absolute atomic E-state index is 0.365. The van der Waals surface area contributed by atoms with Crippen molar-refractivity contribution in [1.29, 1.82) is 0 Å². The number of H-pyrrole nitrogens is 1. The number of nitrogens with one attached hydrogen (secondary N) is 1. The van der Waals surface area contributed by atoms with Crippen LogP contribution >= 0.6 is 0 Å². The van der Waals surface area contributed by atoms with Gasteiger partial charge in [0.2, 0.25) is 0 Å². The van der Waals surface area contributed by atoms with E-state index in [1.54, 1.807) is 12.3 Å². The van der Waals surface area contributed by atoms with Gasteiger partial charge in [-0.25, -0.2) is 9.18 Å². The second-order valence-electron chi connectivity index (χ2n) is 4.49. The lowest BCUT2D eigenvalue weighted by molar-refractivity contribution is -0.176. The lowest BCUT2D eigenvalue weighted by Crippen LogP contribution is -2.33. The van der Waals surface area contributed by atoms with Crippen LogP contribution in [0.5, 0.6) is 0 Å². The summed E-state index contributed by atoms with van der Waals surface area (Å²) >= 11 is 0. The van der Waals surface area contributed by atoms with E-state index in [2.05, 4.69) is 14.9 Å². The van der Waals surface area contributed by atoms with E-state index >= 15 is 0 Å². The summed E-state index contributed by atoms with van der Waals surface area (Å²) in [7, 11) is 0. The maximum Gasteiger partial charge on any atom is 0.351 e. The lowest BCUT2D eigenvalue weighted by Gasteiger charge is -2.15. The molecule has 7 nitrogen and oxygen atoms in total. The van der Waals surface area contributed by atoms with Gasteiger partial charge in [0.25, 0.3) is 0 Å². The lowest BCUT2D eigenvalue weighted by atomic mass is 10.1. The molecule has 108 valence electrons. The van der Waals surface area contributed by atoms with E-state index in [4.69, 9.17) is 4.74 Å². The maximum absolute atomic E-state index is 14.0. The van der Waals surface area contributed by atoms with Crippen molar-refractivity contribution in [3.05, 3.63) is 28.9 Å². The Balaban J connectivity index is 1.98. The molecule has 0 bridgehead atoms. The van der Waals surface area contributed by atoms with E-state index in [9.17, 15) is 18.8 Å². The molecule has 4 atom stereocenters. The van der Waals surface area contributed by atoms with Crippen molar-refractivity contribution in [2.24, 2.45) is 0 Å². The second kappa shape index (κ2) is 4.93. The van der Waals surface area contributed by atoms with Crippen molar-refractivity contribution in [2.75, 3.05) is 6.61 Å². The third-order valence-electron chi connectivity index (χ3n) is 3.26. The highest BCUT2D eigenvalue weighted by Gasteiger charge is 2.46. The van der Waals surface area contributed by atoms with Gasteiger partial charge in [0, 0.05) is 17.8 Å². The highest BCUT2D eigenvalue weighted by Crippen LogP contribution is 2.31. The third kappa shape index (κ3) is 1.99. The number of nitrogens with zero attached hydrogens (tertiary/aromatic N) is 2. The van der Waals surface area contributed by atoms with Crippen LogP contribution in [-0.2, 0) is 9.68 Å². The maximum atomic E-state index is 14.0. The van der Waals surface area contributed by atoms with Crippen molar-refractivity contribution in [3.8, 4) is 0 Å². The van der Waals surface area contributed by atoms with Crippen LogP contribution < -0.4 is 5.69 Å². The number of aromatic amines is 1. The predicted molar refractivity (Wildman–Crippen MR) is 62.2 cm³/mol. The van der Waals surface area contributed by atoms with E-state index in [-0.39, 0.29) is 0 Å². The molecule has 3 rings (SSSR count). The average molecular weight is 287 g/mol. The van der Waals surface area contributed by atoms with Crippen molar-refractivity contribution in [2.45, 2.75) is 24.6 Å². The molecule has 0 spiro atoms.